The van der Waals surface area contributed by atoms with Crippen molar-refractivity contribution >= 4 is 6.29 Å². The Morgan fingerprint density at radius 2 is 1.00 bits per heavy atom. The van der Waals surface area contributed by atoms with E-state index in [0.29, 0.717) is 0 Å². The molecule has 2 nitrogen and oxygen atoms in total. The normalized spacial score (nSPS) is 10.2. The second-order valence-electron chi connectivity index (χ2n) is 5.83. The summed E-state index contributed by atoms with van der Waals surface area (Å²) >= 11 is 0. The van der Waals surface area contributed by atoms with Gasteiger partial charge in [-0.2, -0.15) is 0 Å². The van der Waals surface area contributed by atoms with Crippen LogP contribution in [0.3, 0.4) is 0 Å². The van der Waals surface area contributed by atoms with Crippen molar-refractivity contribution in [2.75, 3.05) is 21.1 Å². The summed E-state index contributed by atoms with van der Waals surface area (Å²) in [5.41, 5.74) is 0. The van der Waals surface area contributed by atoms with Crippen LogP contribution >= 0.6 is 0 Å². The molecule has 0 unspecified atom stereocenters. The summed E-state index contributed by atoms with van der Waals surface area (Å²) in [4.78, 5) is 12.1. The van der Waals surface area contributed by atoms with Gasteiger partial charge in [0.05, 0.1) is 0 Å². The molecule has 0 N–H and O–H groups in total. The average Bonchev–Trinajstić information content (AvgIpc) is 2.35. The lowest BCUT2D eigenvalue weighted by Crippen LogP contribution is -1.99. The maximum atomic E-state index is 10.1. The molecule has 0 aromatic rings. The molecule has 0 aromatic carbocycles. The van der Waals surface area contributed by atoms with Crippen LogP contribution in [0.5, 0.6) is 0 Å². The molecule has 0 aromatic heterocycles. The summed E-state index contributed by atoms with van der Waals surface area (Å²) in [6.45, 7) is 2.26. The van der Waals surface area contributed by atoms with E-state index < -0.39 is 0 Å². The number of unbranched alkanes of at least 4 members (excludes halogenated alkanes) is 11. The molecule has 19 heavy (non-hydrogen) atoms. The molecule has 0 fully saturated rings. The van der Waals surface area contributed by atoms with E-state index in [1.54, 1.807) is 0 Å². The number of rotatable bonds is 12. The Balaban J connectivity index is 0. The van der Waals surface area contributed by atoms with Gasteiger partial charge < -0.3 is 9.69 Å². The molecule has 0 aliphatic heterocycles. The van der Waals surface area contributed by atoms with E-state index in [2.05, 4.69) is 6.92 Å². The molecule has 0 saturated heterocycles. The Kier molecular flexibility index (Phi) is 22.0. The van der Waals surface area contributed by atoms with Crippen molar-refractivity contribution in [1.82, 2.24) is 4.90 Å². The molecule has 0 amide bonds. The molecule has 0 radical (unpaired) electrons. The summed E-state index contributed by atoms with van der Waals surface area (Å²) in [6, 6.07) is 0. The maximum Gasteiger partial charge on any atom is 0.119 e. The van der Waals surface area contributed by atoms with Crippen LogP contribution in [0.25, 0.3) is 0 Å². The van der Waals surface area contributed by atoms with Gasteiger partial charge in [-0.1, -0.05) is 71.1 Å². The van der Waals surface area contributed by atoms with Gasteiger partial charge in [0.2, 0.25) is 0 Å². The largest absolute Gasteiger partial charge is 0.312 e. The Morgan fingerprint density at radius 1 is 0.684 bits per heavy atom. The van der Waals surface area contributed by atoms with Crippen LogP contribution in [0.1, 0.15) is 84.0 Å². The molecule has 0 heterocycles. The maximum absolute atomic E-state index is 10.1. The molecule has 0 bridgehead atoms. The first-order valence-electron chi connectivity index (χ1n) is 8.19. The van der Waals surface area contributed by atoms with Gasteiger partial charge in [0.1, 0.15) is 6.29 Å². The second-order valence-corrected chi connectivity index (χ2v) is 5.83. The minimum atomic E-state index is 0.761. The zero-order valence-corrected chi connectivity index (χ0v) is 13.9. The Hall–Kier alpha value is -0.370. The molecule has 0 spiro atoms. The van der Waals surface area contributed by atoms with Crippen LogP contribution < -0.4 is 0 Å². The van der Waals surface area contributed by atoms with Gasteiger partial charge in [-0.3, -0.25) is 0 Å². The van der Waals surface area contributed by atoms with Gasteiger partial charge in [0.15, 0.2) is 0 Å². The molecule has 116 valence electrons. The van der Waals surface area contributed by atoms with Gasteiger partial charge in [0.25, 0.3) is 0 Å². The van der Waals surface area contributed by atoms with Crippen LogP contribution in [-0.4, -0.2) is 32.3 Å². The van der Waals surface area contributed by atoms with Crippen molar-refractivity contribution in [3.63, 3.8) is 0 Å². The monoisotopic (exact) mass is 271 g/mol. The quantitative estimate of drug-likeness (QED) is 0.365. The van der Waals surface area contributed by atoms with Crippen LogP contribution in [0.4, 0.5) is 0 Å². The van der Waals surface area contributed by atoms with Gasteiger partial charge in [-0.05, 0) is 27.6 Å². The van der Waals surface area contributed by atoms with Gasteiger partial charge >= 0.3 is 0 Å². The third-order valence-corrected chi connectivity index (χ3v) is 2.93. The predicted octanol–water partition coefficient (Wildman–Crippen LogP) is 5.06. The van der Waals surface area contributed by atoms with E-state index in [-0.39, 0.29) is 0 Å². The molecule has 0 atom stereocenters. The highest BCUT2D eigenvalue weighted by atomic mass is 16.1. The summed E-state index contributed by atoms with van der Waals surface area (Å²) < 4.78 is 0. The first-order chi connectivity index (χ1) is 9.15. The van der Waals surface area contributed by atoms with E-state index in [1.807, 2.05) is 26.0 Å². The van der Waals surface area contributed by atoms with E-state index in [1.165, 1.54) is 64.2 Å². The molecular formula is C17H37NO. The lowest BCUT2D eigenvalue weighted by molar-refractivity contribution is -0.107. The molecule has 0 aliphatic carbocycles. The van der Waals surface area contributed by atoms with Crippen molar-refractivity contribution in [2.45, 2.75) is 84.0 Å². The first kappa shape index (κ1) is 20.9. The number of nitrogens with zero attached hydrogens (tertiary/aromatic N) is 1. The van der Waals surface area contributed by atoms with Crippen molar-refractivity contribution in [2.24, 2.45) is 0 Å². The predicted molar refractivity (Wildman–Crippen MR) is 86.8 cm³/mol. The summed E-state index contributed by atoms with van der Waals surface area (Å²) in [7, 11) is 6.00. The van der Waals surface area contributed by atoms with Crippen LogP contribution in [-0.2, 0) is 4.79 Å². The fourth-order valence-electron chi connectivity index (χ4n) is 1.89. The van der Waals surface area contributed by atoms with Crippen LogP contribution in [0, 0.1) is 0 Å². The molecule has 2 heteroatoms. The van der Waals surface area contributed by atoms with Gasteiger partial charge in [-0.25, -0.2) is 0 Å². The first-order valence-corrected chi connectivity index (χ1v) is 8.19. The average molecular weight is 271 g/mol. The third-order valence-electron chi connectivity index (χ3n) is 2.93. The second kappa shape index (κ2) is 20.0. The van der Waals surface area contributed by atoms with Crippen molar-refractivity contribution in [3.8, 4) is 0 Å². The summed E-state index contributed by atoms with van der Waals surface area (Å²) in [6.07, 6.45) is 16.7. The highest BCUT2D eigenvalue weighted by Crippen LogP contribution is 2.11. The smallest absolute Gasteiger partial charge is 0.119 e. The van der Waals surface area contributed by atoms with E-state index >= 15 is 0 Å². The third kappa shape index (κ3) is 31.8. The van der Waals surface area contributed by atoms with Crippen LogP contribution in [0.2, 0.25) is 0 Å². The fourth-order valence-corrected chi connectivity index (χ4v) is 1.89. The van der Waals surface area contributed by atoms with Gasteiger partial charge in [0, 0.05) is 6.42 Å². The zero-order chi connectivity index (χ0) is 14.8. The number of carbonyl (C=O) groups excluding carboxylic acids is 1. The summed E-state index contributed by atoms with van der Waals surface area (Å²) in [5, 5.41) is 0. The minimum absolute atomic E-state index is 0.761. The molecule has 0 rings (SSSR count). The van der Waals surface area contributed by atoms with E-state index in [9.17, 15) is 4.79 Å². The van der Waals surface area contributed by atoms with E-state index in [4.69, 9.17) is 0 Å². The Bertz CT molecular complexity index is 155. The molecule has 0 aliphatic rings. The van der Waals surface area contributed by atoms with Crippen molar-refractivity contribution < 1.29 is 4.79 Å². The fraction of sp³-hybridized carbons (Fsp3) is 0.941. The van der Waals surface area contributed by atoms with Crippen molar-refractivity contribution in [1.29, 1.82) is 0 Å². The lowest BCUT2D eigenvalue weighted by Gasteiger charge is -2.01. The Labute approximate surface area is 122 Å². The van der Waals surface area contributed by atoms with Crippen LogP contribution in [0.15, 0.2) is 0 Å². The highest BCUT2D eigenvalue weighted by molar-refractivity contribution is 5.48. The minimum Gasteiger partial charge on any atom is -0.312 e. The van der Waals surface area contributed by atoms with E-state index in [0.717, 1.165) is 19.1 Å². The topological polar surface area (TPSA) is 20.3 Å². The molecular weight excluding hydrogens is 234 g/mol. The van der Waals surface area contributed by atoms with Crippen molar-refractivity contribution in [3.05, 3.63) is 0 Å². The standard InChI is InChI=1S/C14H28O.C3H9N/c1-2-3-4-5-6-7-8-9-10-11-12-13-14-15;1-4(2)3/h14H,2-13H2,1H3;1-3H3. The Morgan fingerprint density at radius 3 is 1.32 bits per heavy atom. The number of hydrogen-bond acceptors (Lipinski definition) is 2. The lowest BCUT2D eigenvalue weighted by atomic mass is 10.1. The number of hydrogen-bond donors (Lipinski definition) is 0. The number of aldehydes is 1. The SMILES string of the molecule is CCCCCCCCCCCCCC=O.CN(C)C. The van der Waals surface area contributed by atoms with Gasteiger partial charge in [-0.15, -0.1) is 0 Å². The zero-order valence-electron chi connectivity index (χ0n) is 13.9. The summed E-state index contributed by atoms with van der Waals surface area (Å²) in [5.74, 6) is 0. The molecule has 0 saturated carbocycles. The highest BCUT2D eigenvalue weighted by Gasteiger charge is 1.92. The number of carbonyl (C=O) groups is 1.